The van der Waals surface area contributed by atoms with Crippen LogP contribution in [0, 0.1) is 5.41 Å². The highest BCUT2D eigenvalue weighted by atomic mass is 16.5. The summed E-state index contributed by atoms with van der Waals surface area (Å²) in [6, 6.07) is 0.528. The summed E-state index contributed by atoms with van der Waals surface area (Å²) in [5, 5.41) is 3.33. The van der Waals surface area contributed by atoms with E-state index >= 15 is 0 Å². The zero-order chi connectivity index (χ0) is 12.3. The molecule has 1 N–H and O–H groups in total. The molecule has 17 heavy (non-hydrogen) atoms. The molecule has 0 aromatic heterocycles. The van der Waals surface area contributed by atoms with Gasteiger partial charge >= 0.3 is 0 Å². The molecule has 2 heterocycles. The second kappa shape index (κ2) is 5.65. The molecular formula is C13H26N2O2. The lowest BCUT2D eigenvalue weighted by molar-refractivity contribution is -0.0634. The zero-order valence-corrected chi connectivity index (χ0v) is 11.4. The molecule has 0 amide bonds. The Morgan fingerprint density at radius 3 is 2.88 bits per heavy atom. The molecule has 0 saturated carbocycles. The summed E-state index contributed by atoms with van der Waals surface area (Å²) in [5.41, 5.74) is 0.306. The fourth-order valence-corrected chi connectivity index (χ4v) is 2.97. The average molecular weight is 242 g/mol. The van der Waals surface area contributed by atoms with Crippen molar-refractivity contribution in [3.8, 4) is 0 Å². The second-order valence-electron chi connectivity index (χ2n) is 5.76. The van der Waals surface area contributed by atoms with Gasteiger partial charge in [-0.3, -0.25) is 4.90 Å². The van der Waals surface area contributed by atoms with Crippen molar-refractivity contribution in [3.05, 3.63) is 0 Å². The Morgan fingerprint density at radius 2 is 2.24 bits per heavy atom. The van der Waals surface area contributed by atoms with Gasteiger partial charge in [-0.25, -0.2) is 0 Å². The zero-order valence-electron chi connectivity index (χ0n) is 11.4. The van der Waals surface area contributed by atoms with E-state index in [0.29, 0.717) is 17.6 Å². The minimum absolute atomic E-state index is 0.306. The number of rotatable bonds is 4. The van der Waals surface area contributed by atoms with E-state index in [0.717, 1.165) is 39.5 Å². The first-order chi connectivity index (χ1) is 8.15. The minimum Gasteiger partial charge on any atom is -0.381 e. The van der Waals surface area contributed by atoms with Crippen LogP contribution in [0.25, 0.3) is 0 Å². The SMILES string of the molecule is CNCC1(CN2CC(C)OCC2C)CCOC1. The van der Waals surface area contributed by atoms with Crippen LogP contribution in [-0.2, 0) is 9.47 Å². The summed E-state index contributed by atoms with van der Waals surface area (Å²) < 4.78 is 11.3. The normalized spacial score (nSPS) is 39.7. The highest BCUT2D eigenvalue weighted by molar-refractivity contribution is 4.90. The summed E-state index contributed by atoms with van der Waals surface area (Å²) >= 11 is 0. The van der Waals surface area contributed by atoms with Crippen molar-refractivity contribution in [2.24, 2.45) is 5.41 Å². The van der Waals surface area contributed by atoms with E-state index in [1.54, 1.807) is 0 Å². The van der Waals surface area contributed by atoms with Crippen molar-refractivity contribution in [1.29, 1.82) is 0 Å². The Labute approximate surface area is 105 Å². The third-order valence-corrected chi connectivity index (χ3v) is 4.01. The van der Waals surface area contributed by atoms with E-state index in [1.807, 2.05) is 7.05 Å². The van der Waals surface area contributed by atoms with Crippen LogP contribution in [0.4, 0.5) is 0 Å². The Kier molecular flexibility index (Phi) is 4.42. The molecule has 0 bridgehead atoms. The molecule has 100 valence electrons. The van der Waals surface area contributed by atoms with Crippen LogP contribution in [0.15, 0.2) is 0 Å². The molecule has 0 radical (unpaired) electrons. The van der Waals surface area contributed by atoms with E-state index in [2.05, 4.69) is 24.1 Å². The smallest absolute Gasteiger partial charge is 0.0674 e. The summed E-state index contributed by atoms with van der Waals surface area (Å²) in [4.78, 5) is 2.57. The lowest BCUT2D eigenvalue weighted by Crippen LogP contribution is -2.53. The van der Waals surface area contributed by atoms with Crippen LogP contribution >= 0.6 is 0 Å². The summed E-state index contributed by atoms with van der Waals surface area (Å²) in [6.07, 6.45) is 1.53. The molecule has 2 saturated heterocycles. The first-order valence-corrected chi connectivity index (χ1v) is 6.73. The molecule has 2 rings (SSSR count). The van der Waals surface area contributed by atoms with E-state index < -0.39 is 0 Å². The van der Waals surface area contributed by atoms with Gasteiger partial charge in [-0.05, 0) is 27.3 Å². The van der Waals surface area contributed by atoms with Crippen molar-refractivity contribution in [1.82, 2.24) is 10.2 Å². The number of nitrogens with one attached hydrogen (secondary N) is 1. The van der Waals surface area contributed by atoms with Crippen LogP contribution in [0.5, 0.6) is 0 Å². The predicted octanol–water partition coefficient (Wildman–Crippen LogP) is 0.722. The average Bonchev–Trinajstić information content (AvgIpc) is 2.73. The number of morpholine rings is 1. The van der Waals surface area contributed by atoms with Crippen LogP contribution in [0.3, 0.4) is 0 Å². The molecule has 0 aliphatic carbocycles. The Hall–Kier alpha value is -0.160. The Balaban J connectivity index is 1.96. The maximum atomic E-state index is 5.69. The van der Waals surface area contributed by atoms with Gasteiger partial charge in [-0.1, -0.05) is 0 Å². The number of hydrogen-bond donors (Lipinski definition) is 1. The van der Waals surface area contributed by atoms with E-state index in [-0.39, 0.29) is 0 Å². The first kappa shape index (κ1) is 13.3. The minimum atomic E-state index is 0.306. The first-order valence-electron chi connectivity index (χ1n) is 6.73. The van der Waals surface area contributed by atoms with Gasteiger partial charge in [0.1, 0.15) is 0 Å². The van der Waals surface area contributed by atoms with Gasteiger partial charge in [0.05, 0.1) is 19.3 Å². The molecule has 3 unspecified atom stereocenters. The molecule has 2 aliphatic rings. The van der Waals surface area contributed by atoms with Crippen LogP contribution in [0.1, 0.15) is 20.3 Å². The van der Waals surface area contributed by atoms with E-state index in [4.69, 9.17) is 9.47 Å². The third kappa shape index (κ3) is 3.19. The molecule has 0 aromatic rings. The maximum absolute atomic E-state index is 5.69. The molecule has 0 spiro atoms. The fourth-order valence-electron chi connectivity index (χ4n) is 2.97. The van der Waals surface area contributed by atoms with Gasteiger partial charge in [-0.2, -0.15) is 0 Å². The molecule has 2 fully saturated rings. The number of hydrogen-bond acceptors (Lipinski definition) is 4. The monoisotopic (exact) mass is 242 g/mol. The van der Waals surface area contributed by atoms with E-state index in [1.165, 1.54) is 6.42 Å². The van der Waals surface area contributed by atoms with Crippen LogP contribution < -0.4 is 5.32 Å². The van der Waals surface area contributed by atoms with Gasteiger partial charge in [0.15, 0.2) is 0 Å². The quantitative estimate of drug-likeness (QED) is 0.788. The largest absolute Gasteiger partial charge is 0.381 e. The van der Waals surface area contributed by atoms with Gasteiger partial charge in [0.2, 0.25) is 0 Å². The molecular weight excluding hydrogens is 216 g/mol. The maximum Gasteiger partial charge on any atom is 0.0674 e. The Morgan fingerprint density at radius 1 is 1.41 bits per heavy atom. The number of ether oxygens (including phenoxy) is 2. The Bertz CT molecular complexity index is 242. The van der Waals surface area contributed by atoms with Crippen molar-refractivity contribution in [3.63, 3.8) is 0 Å². The fraction of sp³-hybridized carbons (Fsp3) is 1.00. The van der Waals surface area contributed by atoms with Crippen molar-refractivity contribution in [2.45, 2.75) is 32.4 Å². The van der Waals surface area contributed by atoms with Crippen LogP contribution in [-0.4, -0.2) is 63.5 Å². The lowest BCUT2D eigenvalue weighted by Gasteiger charge is -2.42. The van der Waals surface area contributed by atoms with Gasteiger partial charge < -0.3 is 14.8 Å². The molecule has 4 heteroatoms. The van der Waals surface area contributed by atoms with Crippen molar-refractivity contribution >= 4 is 0 Å². The number of nitrogens with zero attached hydrogens (tertiary/aromatic N) is 1. The summed E-state index contributed by atoms with van der Waals surface area (Å²) in [7, 11) is 2.03. The standard InChI is InChI=1S/C13H26N2O2/c1-11-7-17-12(2)6-15(11)9-13(8-14-3)4-5-16-10-13/h11-12,14H,4-10H2,1-3H3. The lowest BCUT2D eigenvalue weighted by atomic mass is 9.86. The van der Waals surface area contributed by atoms with Gasteiger partial charge in [0.25, 0.3) is 0 Å². The highest BCUT2D eigenvalue weighted by Crippen LogP contribution is 2.30. The van der Waals surface area contributed by atoms with E-state index in [9.17, 15) is 0 Å². The topological polar surface area (TPSA) is 33.7 Å². The molecule has 3 atom stereocenters. The van der Waals surface area contributed by atoms with Gasteiger partial charge in [-0.15, -0.1) is 0 Å². The van der Waals surface area contributed by atoms with Crippen molar-refractivity contribution in [2.75, 3.05) is 46.5 Å². The molecule has 2 aliphatic heterocycles. The van der Waals surface area contributed by atoms with Crippen molar-refractivity contribution < 1.29 is 9.47 Å². The third-order valence-electron chi connectivity index (χ3n) is 4.01. The van der Waals surface area contributed by atoms with Gasteiger partial charge in [0, 0.05) is 37.7 Å². The summed E-state index contributed by atoms with van der Waals surface area (Å²) in [6.45, 7) is 10.3. The second-order valence-corrected chi connectivity index (χ2v) is 5.76. The molecule has 4 nitrogen and oxygen atoms in total. The predicted molar refractivity (Wildman–Crippen MR) is 68.2 cm³/mol. The molecule has 0 aromatic carbocycles. The highest BCUT2D eigenvalue weighted by Gasteiger charge is 2.38. The van der Waals surface area contributed by atoms with Crippen LogP contribution in [0.2, 0.25) is 0 Å². The summed E-state index contributed by atoms with van der Waals surface area (Å²) in [5.74, 6) is 0.